The summed E-state index contributed by atoms with van der Waals surface area (Å²) in [4.78, 5) is 46.2. The van der Waals surface area contributed by atoms with E-state index in [1.807, 2.05) is 0 Å². The number of hydrogen-bond acceptors (Lipinski definition) is 8. The smallest absolute Gasteiger partial charge is 0.341 e. The van der Waals surface area contributed by atoms with Gasteiger partial charge in [0.1, 0.15) is 0 Å². The van der Waals surface area contributed by atoms with Crippen LogP contribution in [0.1, 0.15) is 20.7 Å². The number of esters is 1. The third-order valence-corrected chi connectivity index (χ3v) is 3.87. The van der Waals surface area contributed by atoms with E-state index in [0.717, 1.165) is 6.07 Å². The molecule has 0 saturated heterocycles. The molecule has 0 aromatic heterocycles. The lowest BCUT2D eigenvalue weighted by Gasteiger charge is -2.11. The molecule has 4 N–H and O–H groups in total. The third-order valence-electron chi connectivity index (χ3n) is 3.62. The van der Waals surface area contributed by atoms with Crippen LogP contribution in [-0.4, -0.2) is 47.6 Å². The minimum Gasteiger partial charge on any atom is -0.452 e. The number of aliphatic hydroxyl groups is 1. The van der Waals surface area contributed by atoms with Crippen LogP contribution >= 0.6 is 11.6 Å². The second kappa shape index (κ2) is 10.7. The number of halogens is 1. The van der Waals surface area contributed by atoms with Crippen molar-refractivity contribution in [3.63, 3.8) is 0 Å². The fraction of sp³-hybridized carbons (Fsp3) is 0.167. The largest absolute Gasteiger partial charge is 0.452 e. The predicted molar refractivity (Wildman–Crippen MR) is 106 cm³/mol. The topological polar surface area (TPSA) is 160 Å². The summed E-state index contributed by atoms with van der Waals surface area (Å²) >= 11 is 5.73. The molecular weight excluding hydrogens is 420 g/mol. The highest BCUT2D eigenvalue weighted by Crippen LogP contribution is 2.23. The van der Waals surface area contributed by atoms with Crippen molar-refractivity contribution in [2.75, 3.05) is 25.1 Å². The zero-order chi connectivity index (χ0) is 22.1. The number of carbonyl (C=O) groups is 3. The van der Waals surface area contributed by atoms with Gasteiger partial charge in [-0.2, -0.15) is 0 Å². The van der Waals surface area contributed by atoms with Crippen LogP contribution in [0.25, 0.3) is 0 Å². The maximum atomic E-state index is 12.3. The number of non-ortho nitro benzene ring substituents is 1. The first-order valence-corrected chi connectivity index (χ1v) is 8.84. The molecule has 0 spiro atoms. The Kier molecular flexibility index (Phi) is 8.08. The molecule has 2 aromatic rings. The molecule has 0 aliphatic rings. The van der Waals surface area contributed by atoms with Crippen molar-refractivity contribution >= 4 is 40.8 Å². The fourth-order valence-electron chi connectivity index (χ4n) is 2.20. The Bertz CT molecular complexity index is 950. The summed E-state index contributed by atoms with van der Waals surface area (Å²) in [5, 5.41) is 23.0. The average Bonchev–Trinajstić information content (AvgIpc) is 2.74. The molecule has 0 unspecified atom stereocenters. The van der Waals surface area contributed by atoms with E-state index in [2.05, 4.69) is 16.2 Å². The number of nitrogens with zero attached hydrogens (tertiary/aromatic N) is 1. The van der Waals surface area contributed by atoms with Gasteiger partial charge < -0.3 is 15.2 Å². The van der Waals surface area contributed by atoms with Gasteiger partial charge in [0.15, 0.2) is 6.61 Å². The van der Waals surface area contributed by atoms with Crippen LogP contribution in [0.15, 0.2) is 42.5 Å². The van der Waals surface area contributed by atoms with E-state index in [1.54, 1.807) is 0 Å². The minimum absolute atomic E-state index is 0.0926. The number of nitrogens with one attached hydrogen (secondary N) is 3. The van der Waals surface area contributed by atoms with Crippen LogP contribution in [0, 0.1) is 10.1 Å². The van der Waals surface area contributed by atoms with Gasteiger partial charge in [-0.25, -0.2) is 4.79 Å². The number of hydrazine groups is 1. The lowest BCUT2D eigenvalue weighted by Crippen LogP contribution is -2.43. The molecule has 30 heavy (non-hydrogen) atoms. The molecule has 0 bridgehead atoms. The van der Waals surface area contributed by atoms with Crippen molar-refractivity contribution in [1.82, 2.24) is 10.9 Å². The number of amides is 2. The number of benzene rings is 2. The standard InChI is InChI=1S/C18H17ClN4O7/c19-12-3-1-11(2-4-12)17(26)22-21-16(25)10-30-18(27)14-9-13(23(28)29)5-6-15(14)20-7-8-24/h1-6,9,20,24H,7-8,10H2,(H,21,25)(H,22,26). The fourth-order valence-corrected chi connectivity index (χ4v) is 2.33. The van der Waals surface area contributed by atoms with Gasteiger partial charge in [-0.15, -0.1) is 0 Å². The molecule has 0 aliphatic heterocycles. The molecular formula is C18H17ClN4O7. The van der Waals surface area contributed by atoms with Gasteiger partial charge in [-0.05, 0) is 30.3 Å². The zero-order valence-electron chi connectivity index (χ0n) is 15.4. The number of carbonyl (C=O) groups excluding carboxylic acids is 3. The highest BCUT2D eigenvalue weighted by atomic mass is 35.5. The first-order valence-electron chi connectivity index (χ1n) is 8.47. The SMILES string of the molecule is O=C(COC(=O)c1cc([N+](=O)[O-])ccc1NCCO)NNC(=O)c1ccc(Cl)cc1. The number of anilines is 1. The van der Waals surface area contributed by atoms with Gasteiger partial charge in [0, 0.05) is 35.0 Å². The predicted octanol–water partition coefficient (Wildman–Crippen LogP) is 1.27. The molecule has 12 heteroatoms. The number of nitro benzene ring substituents is 1. The Morgan fingerprint density at radius 2 is 1.80 bits per heavy atom. The average molecular weight is 437 g/mol. The molecule has 0 radical (unpaired) electrons. The van der Waals surface area contributed by atoms with E-state index in [-0.39, 0.29) is 35.7 Å². The number of hydrogen-bond donors (Lipinski definition) is 4. The van der Waals surface area contributed by atoms with Crippen molar-refractivity contribution in [2.45, 2.75) is 0 Å². The zero-order valence-corrected chi connectivity index (χ0v) is 16.1. The van der Waals surface area contributed by atoms with Gasteiger partial charge >= 0.3 is 5.97 Å². The van der Waals surface area contributed by atoms with E-state index in [9.17, 15) is 24.5 Å². The van der Waals surface area contributed by atoms with E-state index in [1.165, 1.54) is 36.4 Å². The number of ether oxygens (including phenoxy) is 1. The molecule has 2 rings (SSSR count). The van der Waals surface area contributed by atoms with Gasteiger partial charge in [0.25, 0.3) is 17.5 Å². The van der Waals surface area contributed by atoms with Crippen molar-refractivity contribution in [2.24, 2.45) is 0 Å². The van der Waals surface area contributed by atoms with Gasteiger partial charge in [-0.3, -0.25) is 30.6 Å². The van der Waals surface area contributed by atoms with Crippen LogP contribution in [0.2, 0.25) is 5.02 Å². The molecule has 2 amide bonds. The highest BCUT2D eigenvalue weighted by molar-refractivity contribution is 6.30. The van der Waals surface area contributed by atoms with Crippen LogP contribution in [0.4, 0.5) is 11.4 Å². The Balaban J connectivity index is 1.94. The summed E-state index contributed by atoms with van der Waals surface area (Å²) < 4.78 is 4.85. The normalized spacial score (nSPS) is 10.1. The summed E-state index contributed by atoms with van der Waals surface area (Å²) in [6.07, 6.45) is 0. The Morgan fingerprint density at radius 1 is 1.10 bits per heavy atom. The van der Waals surface area contributed by atoms with E-state index in [4.69, 9.17) is 21.4 Å². The van der Waals surface area contributed by atoms with Crippen LogP contribution < -0.4 is 16.2 Å². The van der Waals surface area contributed by atoms with Crippen molar-refractivity contribution in [3.8, 4) is 0 Å². The van der Waals surface area contributed by atoms with Gasteiger partial charge in [-0.1, -0.05) is 11.6 Å². The van der Waals surface area contributed by atoms with Crippen molar-refractivity contribution < 1.29 is 29.2 Å². The second-order valence-electron chi connectivity index (χ2n) is 5.72. The monoisotopic (exact) mass is 436 g/mol. The first-order chi connectivity index (χ1) is 14.3. The van der Waals surface area contributed by atoms with Crippen LogP contribution in [0.5, 0.6) is 0 Å². The summed E-state index contributed by atoms with van der Waals surface area (Å²) in [7, 11) is 0. The molecule has 158 valence electrons. The van der Waals surface area contributed by atoms with Crippen LogP contribution in [0.3, 0.4) is 0 Å². The Labute approximate surface area is 175 Å². The second-order valence-corrected chi connectivity index (χ2v) is 6.16. The first kappa shape index (κ1) is 22.6. The lowest BCUT2D eigenvalue weighted by atomic mass is 10.1. The molecule has 0 fully saturated rings. The maximum Gasteiger partial charge on any atom is 0.341 e. The Hall–Kier alpha value is -3.70. The number of aliphatic hydroxyl groups excluding tert-OH is 1. The summed E-state index contributed by atoms with van der Waals surface area (Å²) in [6, 6.07) is 9.36. The number of nitro groups is 1. The molecule has 11 nitrogen and oxygen atoms in total. The Morgan fingerprint density at radius 3 is 2.43 bits per heavy atom. The summed E-state index contributed by atoms with van der Waals surface area (Å²) in [5.74, 6) is -2.44. The van der Waals surface area contributed by atoms with Gasteiger partial charge in [0.2, 0.25) is 0 Å². The third kappa shape index (κ3) is 6.43. The molecule has 0 saturated carbocycles. The maximum absolute atomic E-state index is 12.3. The van der Waals surface area contributed by atoms with Gasteiger partial charge in [0.05, 0.1) is 17.1 Å². The highest BCUT2D eigenvalue weighted by Gasteiger charge is 2.19. The summed E-state index contributed by atoms with van der Waals surface area (Å²) in [6.45, 7) is -0.891. The minimum atomic E-state index is -1.00. The van der Waals surface area contributed by atoms with Crippen molar-refractivity contribution in [3.05, 3.63) is 68.7 Å². The van der Waals surface area contributed by atoms with E-state index >= 15 is 0 Å². The van der Waals surface area contributed by atoms with Crippen molar-refractivity contribution in [1.29, 1.82) is 0 Å². The molecule has 0 heterocycles. The quantitative estimate of drug-likeness (QED) is 0.273. The lowest BCUT2D eigenvalue weighted by molar-refractivity contribution is -0.384. The molecule has 2 aromatic carbocycles. The molecule has 0 aliphatic carbocycles. The van der Waals surface area contributed by atoms with Crippen LogP contribution in [-0.2, 0) is 9.53 Å². The number of rotatable bonds is 8. The van der Waals surface area contributed by atoms with E-state index < -0.39 is 29.3 Å². The molecule has 0 atom stereocenters. The summed E-state index contributed by atoms with van der Waals surface area (Å²) in [5.41, 5.74) is 4.12. The van der Waals surface area contributed by atoms with E-state index in [0.29, 0.717) is 5.02 Å².